The predicted molar refractivity (Wildman–Crippen MR) is 212 cm³/mol. The Bertz CT molecular complexity index is 1310. The van der Waals surface area contributed by atoms with E-state index in [1.807, 2.05) is 70.1 Å². The zero-order valence-corrected chi connectivity index (χ0v) is 35.0. The lowest BCUT2D eigenvalue weighted by molar-refractivity contribution is -0.299. The maximum Gasteiger partial charge on any atom is 0.311 e. The Morgan fingerprint density at radius 3 is 2.30 bits per heavy atom. The van der Waals surface area contributed by atoms with Crippen molar-refractivity contribution < 1.29 is 44.5 Å². The second-order valence-corrected chi connectivity index (χ2v) is 17.0. The molecule has 1 aromatic rings. The van der Waals surface area contributed by atoms with Gasteiger partial charge < -0.3 is 55.3 Å². The Kier molecular flexibility index (Phi) is 17.6. The molecule has 1 aromatic carbocycles. The number of thiocarbonyl (C=S) groups is 1. The van der Waals surface area contributed by atoms with Gasteiger partial charge in [-0.1, -0.05) is 51.1 Å². The molecule has 0 saturated carbocycles. The molecule has 2 aliphatic heterocycles. The number of esters is 1. The third-order valence-electron chi connectivity index (χ3n) is 11.5. The van der Waals surface area contributed by atoms with Crippen LogP contribution in [0.5, 0.6) is 0 Å². The number of aliphatic hydroxyl groups is 5. The molecule has 0 radical (unpaired) electrons. The summed E-state index contributed by atoms with van der Waals surface area (Å²) in [4.78, 5) is 17.6. The number of nitrogens with zero attached hydrogens (tertiary/aromatic N) is 2. The lowest BCUT2D eigenvalue weighted by Crippen LogP contribution is -2.59. The Balaban J connectivity index is 1.90. The molecule has 0 amide bonds. The molecule has 0 unspecified atom stereocenters. The van der Waals surface area contributed by atoms with Gasteiger partial charge in [-0.2, -0.15) is 0 Å². The number of aliphatic hydroxyl groups excluding tert-OH is 3. The van der Waals surface area contributed by atoms with E-state index in [-0.39, 0.29) is 30.9 Å². The van der Waals surface area contributed by atoms with E-state index >= 15 is 0 Å². The number of hydrogen-bond acceptors (Lipinski definition) is 12. The SMILES string of the molecule is CC[C@H]1OC(=O)[C@H](C)[C@@H](O)[C@H](C)[C@@H](O[C@@H]2O[C@H](C)C[C@H](N(C)C)[C@H]2O)[C@](C)(O)C[C@@H](C)CN(CCCNC(=S)NCc2ccccc2)[C@H](C)[C@@H](O)[C@]1(C)O. The summed E-state index contributed by atoms with van der Waals surface area (Å²) in [5.74, 6) is -2.83. The zero-order chi connectivity index (χ0) is 40.5. The van der Waals surface area contributed by atoms with Crippen molar-refractivity contribution >= 4 is 23.3 Å². The largest absolute Gasteiger partial charge is 0.459 e. The monoisotopic (exact) mass is 782 g/mol. The number of likely N-dealkylation sites (N-methyl/N-ethyl adjacent to an activating group) is 1. The highest BCUT2D eigenvalue weighted by Gasteiger charge is 2.50. The average molecular weight is 783 g/mol. The first-order valence-corrected chi connectivity index (χ1v) is 20.1. The van der Waals surface area contributed by atoms with E-state index in [4.69, 9.17) is 26.4 Å². The van der Waals surface area contributed by atoms with Gasteiger partial charge in [0.25, 0.3) is 0 Å². The van der Waals surface area contributed by atoms with Gasteiger partial charge in [-0.3, -0.25) is 9.69 Å². The average Bonchev–Trinajstić information content (AvgIpc) is 3.12. The number of hydrogen-bond donors (Lipinski definition) is 7. The van der Waals surface area contributed by atoms with Gasteiger partial charge in [0.05, 0.1) is 29.8 Å². The minimum absolute atomic E-state index is 0.176. The molecule has 0 spiro atoms. The van der Waals surface area contributed by atoms with E-state index in [1.165, 1.54) is 13.8 Å². The highest BCUT2D eigenvalue weighted by atomic mass is 32.1. The summed E-state index contributed by atoms with van der Waals surface area (Å²) in [6.45, 7) is 16.0. The zero-order valence-electron chi connectivity index (χ0n) is 34.1. The van der Waals surface area contributed by atoms with Crippen LogP contribution in [0.25, 0.3) is 0 Å². The van der Waals surface area contributed by atoms with Gasteiger partial charge in [0.2, 0.25) is 0 Å². The van der Waals surface area contributed by atoms with Crippen LogP contribution < -0.4 is 10.6 Å². The number of nitrogens with one attached hydrogen (secondary N) is 2. The van der Waals surface area contributed by atoms with Crippen LogP contribution in [0.4, 0.5) is 0 Å². The molecule has 2 heterocycles. The van der Waals surface area contributed by atoms with Crippen LogP contribution in [0, 0.1) is 17.8 Å². The maximum absolute atomic E-state index is 13.6. The minimum Gasteiger partial charge on any atom is -0.459 e. The quantitative estimate of drug-likeness (QED) is 0.105. The van der Waals surface area contributed by atoms with Crippen molar-refractivity contribution in [3.63, 3.8) is 0 Å². The van der Waals surface area contributed by atoms with Gasteiger partial charge in [-0.15, -0.1) is 0 Å². The van der Waals surface area contributed by atoms with E-state index in [0.29, 0.717) is 44.1 Å². The summed E-state index contributed by atoms with van der Waals surface area (Å²) >= 11 is 5.50. The minimum atomic E-state index is -1.83. The fraction of sp³-hybridized carbons (Fsp3) is 0.800. The van der Waals surface area contributed by atoms with Gasteiger partial charge in [0.15, 0.2) is 11.4 Å². The highest BCUT2D eigenvalue weighted by molar-refractivity contribution is 7.80. The first-order valence-electron chi connectivity index (χ1n) is 19.7. The maximum atomic E-state index is 13.6. The van der Waals surface area contributed by atoms with E-state index in [0.717, 1.165) is 5.56 Å². The number of benzene rings is 1. The molecular formula is C40H70N4O9S. The summed E-state index contributed by atoms with van der Waals surface area (Å²) in [5.41, 5.74) is -2.28. The Hall–Kier alpha value is -1.98. The molecule has 14 atom stereocenters. The molecule has 3 rings (SSSR count). The number of carbonyl (C=O) groups excluding carboxylic acids is 1. The van der Waals surface area contributed by atoms with Crippen molar-refractivity contribution in [1.29, 1.82) is 0 Å². The van der Waals surface area contributed by atoms with Crippen LogP contribution in [0.3, 0.4) is 0 Å². The van der Waals surface area contributed by atoms with Crippen molar-refractivity contribution in [1.82, 2.24) is 20.4 Å². The molecule has 13 nitrogen and oxygen atoms in total. The number of cyclic esters (lactones) is 1. The first kappa shape index (κ1) is 46.4. The molecule has 310 valence electrons. The summed E-state index contributed by atoms with van der Waals surface area (Å²) in [6.07, 6.45) is -5.50. The second kappa shape index (κ2) is 20.4. The van der Waals surface area contributed by atoms with Crippen molar-refractivity contribution in [2.24, 2.45) is 17.8 Å². The lowest BCUT2D eigenvalue weighted by Gasteiger charge is -2.46. The van der Waals surface area contributed by atoms with Gasteiger partial charge in [0.1, 0.15) is 23.9 Å². The summed E-state index contributed by atoms with van der Waals surface area (Å²) in [5, 5.41) is 65.9. The molecular weight excluding hydrogens is 713 g/mol. The standard InChI is InChI=1S/C40H70N4O9S/c1-11-31-40(8,50)34(47)28(6)44(19-15-18-41-38(54)42-22-29-16-13-12-14-17-29)23-24(2)21-39(7,49)35(26(4)32(45)27(5)36(48)52-31)53-37-33(46)30(43(9)10)20-25(3)51-37/h12-14,16-17,24-28,30-35,37,45-47,49-50H,11,15,18-23H2,1-10H3,(H2,41,42,54)/t24-,25-,26+,27-,28-,30+,31-,32+,33-,34-,35-,37+,39-,40-/m1/s1. The normalized spacial score (nSPS) is 39.3. The van der Waals surface area contributed by atoms with Crippen molar-refractivity contribution in [3.8, 4) is 0 Å². The third kappa shape index (κ3) is 12.3. The molecule has 2 fully saturated rings. The number of carbonyl (C=O) groups is 1. The van der Waals surface area contributed by atoms with Crippen LogP contribution in [0.2, 0.25) is 0 Å². The Labute approximate surface area is 328 Å². The van der Waals surface area contributed by atoms with Crippen LogP contribution in [0.1, 0.15) is 86.6 Å². The van der Waals surface area contributed by atoms with Gasteiger partial charge in [0, 0.05) is 44.2 Å². The molecule has 2 aliphatic rings. The van der Waals surface area contributed by atoms with Gasteiger partial charge >= 0.3 is 5.97 Å². The van der Waals surface area contributed by atoms with E-state index < -0.39 is 71.9 Å². The smallest absolute Gasteiger partial charge is 0.311 e. The highest BCUT2D eigenvalue weighted by Crippen LogP contribution is 2.36. The van der Waals surface area contributed by atoms with Crippen LogP contribution in [0.15, 0.2) is 30.3 Å². The van der Waals surface area contributed by atoms with Crippen LogP contribution in [-0.2, 0) is 25.5 Å². The topological polar surface area (TPSA) is 176 Å². The summed E-state index contributed by atoms with van der Waals surface area (Å²) in [7, 11) is 3.75. The molecule has 14 heteroatoms. The molecule has 54 heavy (non-hydrogen) atoms. The number of ether oxygens (including phenoxy) is 3. The predicted octanol–water partition coefficient (Wildman–Crippen LogP) is 2.40. The van der Waals surface area contributed by atoms with Crippen molar-refractivity contribution in [2.45, 2.75) is 154 Å². The first-order chi connectivity index (χ1) is 25.2. The van der Waals surface area contributed by atoms with E-state index in [1.54, 1.807) is 20.8 Å². The Morgan fingerprint density at radius 2 is 1.69 bits per heavy atom. The molecule has 7 N–H and O–H groups in total. The molecule has 0 aromatic heterocycles. The van der Waals surface area contributed by atoms with Crippen molar-refractivity contribution in [2.75, 3.05) is 33.7 Å². The van der Waals surface area contributed by atoms with Gasteiger partial charge in [-0.25, -0.2) is 0 Å². The van der Waals surface area contributed by atoms with Crippen LogP contribution in [-0.4, -0.2) is 146 Å². The third-order valence-corrected chi connectivity index (χ3v) is 11.8. The number of rotatable bonds is 10. The molecule has 0 aliphatic carbocycles. The van der Waals surface area contributed by atoms with Crippen LogP contribution >= 0.6 is 12.2 Å². The Morgan fingerprint density at radius 1 is 1.04 bits per heavy atom. The fourth-order valence-electron chi connectivity index (χ4n) is 8.22. The summed E-state index contributed by atoms with van der Waals surface area (Å²) in [6, 6.07) is 9.11. The van der Waals surface area contributed by atoms with E-state index in [9.17, 15) is 30.3 Å². The summed E-state index contributed by atoms with van der Waals surface area (Å²) < 4.78 is 18.5. The molecule has 0 bridgehead atoms. The fourth-order valence-corrected chi connectivity index (χ4v) is 8.40. The van der Waals surface area contributed by atoms with E-state index in [2.05, 4.69) is 15.5 Å². The second-order valence-electron chi connectivity index (χ2n) is 16.6. The molecule has 2 saturated heterocycles. The lowest BCUT2D eigenvalue weighted by atomic mass is 9.78. The van der Waals surface area contributed by atoms with Crippen molar-refractivity contribution in [3.05, 3.63) is 35.9 Å². The van der Waals surface area contributed by atoms with Gasteiger partial charge in [-0.05, 0) is 98.1 Å².